The van der Waals surface area contributed by atoms with Crippen molar-refractivity contribution in [1.29, 1.82) is 0 Å². The number of carbonyl (C=O) groups is 2. The highest BCUT2D eigenvalue weighted by Gasteiger charge is 2.46. The highest BCUT2D eigenvalue weighted by atomic mass is 19.1. The fraction of sp³-hybridized carbons (Fsp3) is 0.263. The number of halogens is 3. The molecule has 2 N–H and O–H groups in total. The molecule has 0 radical (unpaired) electrons. The lowest BCUT2D eigenvalue weighted by atomic mass is 10.0. The molecule has 7 heteroatoms. The minimum absolute atomic E-state index is 0.140. The van der Waals surface area contributed by atoms with Gasteiger partial charge in [-0.05, 0) is 53.8 Å². The van der Waals surface area contributed by atoms with E-state index in [0.717, 1.165) is 18.2 Å². The molecule has 26 heavy (non-hydrogen) atoms. The van der Waals surface area contributed by atoms with Crippen LogP contribution in [0.3, 0.4) is 0 Å². The molecule has 1 aliphatic rings. The van der Waals surface area contributed by atoms with E-state index in [1.54, 1.807) is 0 Å². The summed E-state index contributed by atoms with van der Waals surface area (Å²) in [5.74, 6) is -4.18. The molecule has 0 aliphatic heterocycles. The molecule has 3 rings (SSSR count). The molecular formula is C19H16F3NO3. The molecule has 0 aromatic heterocycles. The zero-order chi connectivity index (χ0) is 18.8. The zero-order valence-corrected chi connectivity index (χ0v) is 13.6. The largest absolute Gasteiger partial charge is 0.481 e. The first kappa shape index (κ1) is 18.0. The van der Waals surface area contributed by atoms with Gasteiger partial charge in [-0.1, -0.05) is 12.1 Å². The summed E-state index contributed by atoms with van der Waals surface area (Å²) in [7, 11) is 0. The van der Waals surface area contributed by atoms with Crippen molar-refractivity contribution in [2.24, 2.45) is 5.92 Å². The molecule has 0 heterocycles. The van der Waals surface area contributed by atoms with Crippen LogP contribution in [0.1, 0.15) is 35.9 Å². The third-order valence-corrected chi connectivity index (χ3v) is 4.45. The summed E-state index contributed by atoms with van der Waals surface area (Å²) in [5.41, 5.74) is 0.595. The van der Waals surface area contributed by atoms with E-state index >= 15 is 0 Å². The number of carboxylic acid groups (broad SMARTS) is 1. The van der Waals surface area contributed by atoms with E-state index in [-0.39, 0.29) is 12.0 Å². The Morgan fingerprint density at radius 1 is 1.08 bits per heavy atom. The average molecular weight is 363 g/mol. The van der Waals surface area contributed by atoms with Gasteiger partial charge in [-0.2, -0.15) is 0 Å². The van der Waals surface area contributed by atoms with Crippen LogP contribution in [0.15, 0.2) is 42.5 Å². The van der Waals surface area contributed by atoms with Crippen molar-refractivity contribution >= 4 is 11.9 Å². The molecule has 4 nitrogen and oxygen atoms in total. The van der Waals surface area contributed by atoms with Gasteiger partial charge in [0.1, 0.15) is 17.5 Å². The summed E-state index contributed by atoms with van der Waals surface area (Å²) >= 11 is 0. The first-order valence-electron chi connectivity index (χ1n) is 8.07. The van der Waals surface area contributed by atoms with Gasteiger partial charge in [-0.25, -0.2) is 13.2 Å². The van der Waals surface area contributed by atoms with Crippen LogP contribution in [0.25, 0.3) is 0 Å². The molecule has 0 bridgehead atoms. The van der Waals surface area contributed by atoms with Crippen molar-refractivity contribution in [3.63, 3.8) is 0 Å². The van der Waals surface area contributed by atoms with Gasteiger partial charge in [0.05, 0.1) is 12.5 Å². The van der Waals surface area contributed by atoms with Gasteiger partial charge < -0.3 is 10.4 Å². The zero-order valence-electron chi connectivity index (χ0n) is 13.6. The predicted molar refractivity (Wildman–Crippen MR) is 86.7 cm³/mol. The lowest BCUT2D eigenvalue weighted by molar-refractivity contribution is -0.137. The van der Waals surface area contributed by atoms with Gasteiger partial charge in [0, 0.05) is 5.92 Å². The number of amides is 1. The minimum Gasteiger partial charge on any atom is -0.481 e. The Morgan fingerprint density at radius 3 is 2.38 bits per heavy atom. The van der Waals surface area contributed by atoms with E-state index in [0.29, 0.717) is 12.0 Å². The third-order valence-electron chi connectivity index (χ3n) is 4.45. The van der Waals surface area contributed by atoms with Crippen LogP contribution in [0.2, 0.25) is 0 Å². The fourth-order valence-electron chi connectivity index (χ4n) is 3.03. The second-order valence-electron chi connectivity index (χ2n) is 6.33. The van der Waals surface area contributed by atoms with Gasteiger partial charge in [0.15, 0.2) is 0 Å². The third kappa shape index (κ3) is 4.04. The standard InChI is InChI=1S/C19H16F3NO3/c20-11-3-1-10(2-4-11)17(9-18(24)25)23-19(26)15-8-13(15)14-7-12(21)5-6-16(14)22/h1-7,13,15,17H,8-9H2,(H,23,26)(H,24,25). The van der Waals surface area contributed by atoms with Gasteiger partial charge in [0.2, 0.25) is 5.91 Å². The predicted octanol–water partition coefficient (Wildman–Crippen LogP) is 3.54. The van der Waals surface area contributed by atoms with E-state index in [1.807, 2.05) is 0 Å². The number of carbonyl (C=O) groups excluding carboxylic acids is 1. The first-order valence-corrected chi connectivity index (χ1v) is 8.07. The fourth-order valence-corrected chi connectivity index (χ4v) is 3.03. The number of rotatable bonds is 6. The van der Waals surface area contributed by atoms with Crippen LogP contribution in [-0.4, -0.2) is 17.0 Å². The van der Waals surface area contributed by atoms with E-state index < -0.39 is 47.2 Å². The number of benzene rings is 2. The Balaban J connectivity index is 1.71. The van der Waals surface area contributed by atoms with Crippen molar-refractivity contribution in [2.75, 3.05) is 0 Å². The average Bonchev–Trinajstić information content (AvgIpc) is 3.37. The Kier molecular flexibility index (Phi) is 4.97. The number of hydrogen-bond acceptors (Lipinski definition) is 2. The van der Waals surface area contributed by atoms with E-state index in [1.165, 1.54) is 24.3 Å². The molecule has 136 valence electrons. The molecule has 2 aromatic rings. The van der Waals surface area contributed by atoms with Gasteiger partial charge in [0.25, 0.3) is 0 Å². The van der Waals surface area contributed by atoms with E-state index in [4.69, 9.17) is 5.11 Å². The summed E-state index contributed by atoms with van der Waals surface area (Å²) in [5, 5.41) is 11.7. The molecule has 1 fully saturated rings. The maximum atomic E-state index is 13.8. The van der Waals surface area contributed by atoms with Crippen LogP contribution in [0.4, 0.5) is 13.2 Å². The van der Waals surface area contributed by atoms with E-state index in [2.05, 4.69) is 5.32 Å². The number of aliphatic carboxylic acids is 1. The molecule has 0 saturated heterocycles. The summed E-state index contributed by atoms with van der Waals surface area (Å²) in [6.07, 6.45) is -0.0154. The Morgan fingerprint density at radius 2 is 1.73 bits per heavy atom. The molecular weight excluding hydrogens is 347 g/mol. The van der Waals surface area contributed by atoms with Gasteiger partial charge >= 0.3 is 5.97 Å². The topological polar surface area (TPSA) is 66.4 Å². The molecule has 1 aliphatic carbocycles. The molecule has 3 unspecified atom stereocenters. The lowest BCUT2D eigenvalue weighted by Crippen LogP contribution is -2.31. The molecule has 3 atom stereocenters. The highest BCUT2D eigenvalue weighted by molar-refractivity contribution is 5.84. The van der Waals surface area contributed by atoms with E-state index in [9.17, 15) is 22.8 Å². The van der Waals surface area contributed by atoms with Crippen molar-refractivity contribution in [2.45, 2.75) is 24.8 Å². The van der Waals surface area contributed by atoms with Crippen LogP contribution in [0, 0.1) is 23.4 Å². The smallest absolute Gasteiger partial charge is 0.305 e. The number of carboxylic acids is 1. The van der Waals surface area contributed by atoms with Crippen LogP contribution >= 0.6 is 0 Å². The normalized spacial score (nSPS) is 19.7. The van der Waals surface area contributed by atoms with Gasteiger partial charge in [-0.15, -0.1) is 0 Å². The van der Waals surface area contributed by atoms with Crippen molar-refractivity contribution in [3.05, 3.63) is 71.0 Å². The maximum absolute atomic E-state index is 13.8. The van der Waals surface area contributed by atoms with Crippen molar-refractivity contribution < 1.29 is 27.9 Å². The number of hydrogen-bond donors (Lipinski definition) is 2. The Hall–Kier alpha value is -2.83. The highest BCUT2D eigenvalue weighted by Crippen LogP contribution is 2.48. The lowest BCUT2D eigenvalue weighted by Gasteiger charge is -2.17. The second-order valence-corrected chi connectivity index (χ2v) is 6.33. The number of nitrogens with one attached hydrogen (secondary N) is 1. The maximum Gasteiger partial charge on any atom is 0.305 e. The summed E-state index contributed by atoms with van der Waals surface area (Å²) in [4.78, 5) is 23.5. The van der Waals surface area contributed by atoms with Crippen molar-refractivity contribution in [3.8, 4) is 0 Å². The quantitative estimate of drug-likeness (QED) is 0.825. The molecule has 2 aromatic carbocycles. The van der Waals surface area contributed by atoms with Crippen molar-refractivity contribution in [1.82, 2.24) is 5.32 Å². The summed E-state index contributed by atoms with van der Waals surface area (Å²) < 4.78 is 40.2. The Labute approximate surface area is 147 Å². The van der Waals surface area contributed by atoms with Gasteiger partial charge in [-0.3, -0.25) is 9.59 Å². The summed E-state index contributed by atoms with van der Waals surface area (Å²) in [6.45, 7) is 0. The van der Waals surface area contributed by atoms with Crippen LogP contribution in [-0.2, 0) is 9.59 Å². The molecule has 1 saturated carbocycles. The minimum atomic E-state index is -1.12. The second kappa shape index (κ2) is 7.19. The first-order chi connectivity index (χ1) is 12.3. The molecule has 1 amide bonds. The molecule has 0 spiro atoms. The Bertz CT molecular complexity index is 838. The summed E-state index contributed by atoms with van der Waals surface area (Å²) in [6, 6.07) is 7.43. The monoisotopic (exact) mass is 363 g/mol. The van der Waals surface area contributed by atoms with Crippen LogP contribution in [0.5, 0.6) is 0 Å². The van der Waals surface area contributed by atoms with Crippen LogP contribution < -0.4 is 5.32 Å². The SMILES string of the molecule is O=C(O)CC(NC(=O)C1CC1c1cc(F)ccc1F)c1ccc(F)cc1.